The number of nitrogens with zero attached hydrogens (tertiary/aromatic N) is 2. The Kier molecular flexibility index (Phi) is 3.36. The maximum Gasteiger partial charge on any atom is 0.262 e. The highest BCUT2D eigenvalue weighted by Crippen LogP contribution is 2.21. The molecule has 1 aromatic carbocycles. The lowest BCUT2D eigenvalue weighted by Gasteiger charge is -1.99. The fourth-order valence-corrected chi connectivity index (χ4v) is 2.84. The summed E-state index contributed by atoms with van der Waals surface area (Å²) in [4.78, 5) is 19.7. The fraction of sp³-hybridized carbons (Fsp3) is 0.200. The first-order valence-electron chi connectivity index (χ1n) is 6.40. The number of thioether (sulfide) groups is 1. The predicted octanol–water partition coefficient (Wildman–Crippen LogP) is 2.93. The summed E-state index contributed by atoms with van der Waals surface area (Å²) in [5.74, 6) is 1.45. The van der Waals surface area contributed by atoms with E-state index in [9.17, 15) is 4.79 Å². The highest BCUT2D eigenvalue weighted by atomic mass is 32.2. The van der Waals surface area contributed by atoms with Gasteiger partial charge in [0.15, 0.2) is 0 Å². The van der Waals surface area contributed by atoms with Crippen LogP contribution in [-0.2, 0) is 5.75 Å². The molecule has 0 unspecified atom stereocenters. The second kappa shape index (κ2) is 5.17. The summed E-state index contributed by atoms with van der Waals surface area (Å²) in [7, 11) is 0. The first kappa shape index (κ1) is 13.0. The normalized spacial score (nSPS) is 11.1. The summed E-state index contributed by atoms with van der Waals surface area (Å²) in [6.45, 7) is 3.71. The molecule has 0 fully saturated rings. The molecular formula is C15H15N3OS. The number of benzene rings is 1. The van der Waals surface area contributed by atoms with Gasteiger partial charge in [-0.05, 0) is 19.4 Å². The number of aromatic nitrogens is 3. The van der Waals surface area contributed by atoms with Crippen molar-refractivity contribution < 1.29 is 0 Å². The van der Waals surface area contributed by atoms with Gasteiger partial charge in [0.1, 0.15) is 5.03 Å². The standard InChI is InChI=1S/C15H15N3OS/c1-10-11(2)16-15-17-13(8-18(15)14(10)19)20-9-12-6-4-3-5-7-12/h3-8H,9H2,1-2H3,(H,16,17). The minimum atomic E-state index is -0.00434. The van der Waals surface area contributed by atoms with Crippen LogP contribution in [0.15, 0.2) is 46.3 Å². The van der Waals surface area contributed by atoms with Crippen molar-refractivity contribution in [3.05, 3.63) is 63.7 Å². The first-order chi connectivity index (χ1) is 9.65. The van der Waals surface area contributed by atoms with Crippen LogP contribution >= 0.6 is 11.8 Å². The molecule has 4 nitrogen and oxygen atoms in total. The van der Waals surface area contributed by atoms with Crippen LogP contribution in [-0.4, -0.2) is 14.4 Å². The average molecular weight is 285 g/mol. The molecule has 20 heavy (non-hydrogen) atoms. The molecule has 1 N–H and O–H groups in total. The summed E-state index contributed by atoms with van der Waals surface area (Å²) in [5.41, 5.74) is 2.84. The molecule has 3 rings (SSSR count). The molecule has 5 heteroatoms. The van der Waals surface area contributed by atoms with E-state index in [1.807, 2.05) is 32.0 Å². The second-order valence-electron chi connectivity index (χ2n) is 4.73. The SMILES string of the molecule is Cc1[nH]c2nc(SCc3ccccc3)cn2c(=O)c1C. The van der Waals surface area contributed by atoms with Gasteiger partial charge in [-0.3, -0.25) is 9.20 Å². The van der Waals surface area contributed by atoms with Crippen molar-refractivity contribution in [3.8, 4) is 0 Å². The number of hydrogen-bond donors (Lipinski definition) is 1. The van der Waals surface area contributed by atoms with Gasteiger partial charge >= 0.3 is 0 Å². The molecule has 102 valence electrons. The Balaban J connectivity index is 1.90. The minimum absolute atomic E-state index is 0.00434. The van der Waals surface area contributed by atoms with Gasteiger partial charge in [-0.15, -0.1) is 11.8 Å². The predicted molar refractivity (Wildman–Crippen MR) is 81.3 cm³/mol. The Bertz CT molecular complexity index is 805. The summed E-state index contributed by atoms with van der Waals surface area (Å²) >= 11 is 1.63. The lowest BCUT2D eigenvalue weighted by molar-refractivity contribution is 0.988. The van der Waals surface area contributed by atoms with E-state index in [1.165, 1.54) is 5.56 Å². The largest absolute Gasteiger partial charge is 0.329 e. The van der Waals surface area contributed by atoms with Crippen LogP contribution in [0, 0.1) is 13.8 Å². The fourth-order valence-electron chi connectivity index (χ4n) is 2.01. The Morgan fingerprint density at radius 1 is 1.25 bits per heavy atom. The maximum atomic E-state index is 12.1. The van der Waals surface area contributed by atoms with E-state index in [0.717, 1.165) is 22.0 Å². The van der Waals surface area contributed by atoms with E-state index in [4.69, 9.17) is 0 Å². The van der Waals surface area contributed by atoms with Crippen LogP contribution in [0.4, 0.5) is 0 Å². The van der Waals surface area contributed by atoms with Crippen LogP contribution in [0.5, 0.6) is 0 Å². The van der Waals surface area contributed by atoms with E-state index in [2.05, 4.69) is 22.1 Å². The van der Waals surface area contributed by atoms with Gasteiger partial charge in [-0.1, -0.05) is 30.3 Å². The second-order valence-corrected chi connectivity index (χ2v) is 5.72. The molecule has 0 atom stereocenters. The van der Waals surface area contributed by atoms with Crippen molar-refractivity contribution in [2.45, 2.75) is 24.6 Å². The molecule has 2 heterocycles. The summed E-state index contributed by atoms with van der Waals surface area (Å²) in [6.07, 6.45) is 1.80. The lowest BCUT2D eigenvalue weighted by atomic mass is 10.2. The zero-order valence-electron chi connectivity index (χ0n) is 11.4. The van der Waals surface area contributed by atoms with E-state index < -0.39 is 0 Å². The smallest absolute Gasteiger partial charge is 0.262 e. The van der Waals surface area contributed by atoms with Crippen molar-refractivity contribution in [1.29, 1.82) is 0 Å². The third-order valence-electron chi connectivity index (χ3n) is 3.31. The molecule has 0 aliphatic rings. The Labute approximate surface area is 120 Å². The Morgan fingerprint density at radius 2 is 2.00 bits per heavy atom. The number of nitrogens with one attached hydrogen (secondary N) is 1. The molecule has 0 radical (unpaired) electrons. The molecular weight excluding hydrogens is 270 g/mol. The number of aryl methyl sites for hydroxylation is 1. The van der Waals surface area contributed by atoms with E-state index >= 15 is 0 Å². The van der Waals surface area contributed by atoms with Crippen molar-refractivity contribution in [1.82, 2.24) is 14.4 Å². The minimum Gasteiger partial charge on any atom is -0.329 e. The molecule has 2 aromatic heterocycles. The van der Waals surface area contributed by atoms with Gasteiger partial charge in [0.05, 0.1) is 0 Å². The third-order valence-corrected chi connectivity index (χ3v) is 4.28. The number of hydrogen-bond acceptors (Lipinski definition) is 3. The number of rotatable bonds is 3. The van der Waals surface area contributed by atoms with Crippen LogP contribution in [0.2, 0.25) is 0 Å². The summed E-state index contributed by atoms with van der Waals surface area (Å²) < 4.78 is 1.58. The van der Waals surface area contributed by atoms with Gasteiger partial charge in [-0.2, -0.15) is 0 Å². The number of fused-ring (bicyclic) bond motifs is 1. The lowest BCUT2D eigenvalue weighted by Crippen LogP contribution is -2.17. The van der Waals surface area contributed by atoms with Gasteiger partial charge < -0.3 is 4.98 Å². The van der Waals surface area contributed by atoms with Crippen LogP contribution < -0.4 is 5.56 Å². The van der Waals surface area contributed by atoms with E-state index in [-0.39, 0.29) is 5.56 Å². The van der Waals surface area contributed by atoms with Crippen LogP contribution in [0.1, 0.15) is 16.8 Å². The third kappa shape index (κ3) is 2.36. The monoisotopic (exact) mass is 285 g/mol. The molecule has 0 saturated heterocycles. The van der Waals surface area contributed by atoms with E-state index in [1.54, 1.807) is 22.4 Å². The van der Waals surface area contributed by atoms with Crippen molar-refractivity contribution in [3.63, 3.8) is 0 Å². The molecule has 0 amide bonds. The number of imidazole rings is 1. The zero-order valence-corrected chi connectivity index (χ0v) is 12.2. The zero-order chi connectivity index (χ0) is 14.1. The van der Waals surface area contributed by atoms with Crippen molar-refractivity contribution in [2.75, 3.05) is 0 Å². The van der Waals surface area contributed by atoms with Crippen molar-refractivity contribution >= 4 is 17.5 Å². The Morgan fingerprint density at radius 3 is 2.75 bits per heavy atom. The number of H-pyrrole nitrogens is 1. The van der Waals surface area contributed by atoms with Gasteiger partial charge in [-0.25, -0.2) is 4.98 Å². The van der Waals surface area contributed by atoms with E-state index in [0.29, 0.717) is 5.78 Å². The summed E-state index contributed by atoms with van der Waals surface area (Å²) in [6, 6.07) is 10.2. The van der Waals surface area contributed by atoms with Crippen LogP contribution in [0.3, 0.4) is 0 Å². The van der Waals surface area contributed by atoms with Crippen LogP contribution in [0.25, 0.3) is 5.78 Å². The summed E-state index contributed by atoms with van der Waals surface area (Å²) in [5, 5.41) is 0.854. The topological polar surface area (TPSA) is 50.2 Å². The quantitative estimate of drug-likeness (QED) is 0.753. The molecule has 0 aliphatic carbocycles. The molecule has 0 bridgehead atoms. The Hall–Kier alpha value is -2.01. The van der Waals surface area contributed by atoms with Gasteiger partial charge in [0.25, 0.3) is 5.56 Å². The van der Waals surface area contributed by atoms with Gasteiger partial charge in [0.2, 0.25) is 5.78 Å². The van der Waals surface area contributed by atoms with Crippen molar-refractivity contribution in [2.24, 2.45) is 0 Å². The average Bonchev–Trinajstić information content (AvgIpc) is 2.87. The highest BCUT2D eigenvalue weighted by Gasteiger charge is 2.09. The molecule has 0 aliphatic heterocycles. The first-order valence-corrected chi connectivity index (χ1v) is 7.39. The molecule has 0 spiro atoms. The highest BCUT2D eigenvalue weighted by molar-refractivity contribution is 7.98. The maximum absolute atomic E-state index is 12.1. The molecule has 3 aromatic rings. The number of aromatic amines is 1. The molecule has 0 saturated carbocycles. The van der Waals surface area contributed by atoms with Gasteiger partial charge in [0, 0.05) is 23.2 Å².